The Bertz CT molecular complexity index is 862. The third-order valence-electron chi connectivity index (χ3n) is 5.13. The van der Waals surface area contributed by atoms with Crippen molar-refractivity contribution < 1.29 is 14.3 Å². The van der Waals surface area contributed by atoms with E-state index in [2.05, 4.69) is 17.4 Å². The molecule has 1 atom stereocenters. The summed E-state index contributed by atoms with van der Waals surface area (Å²) in [4.78, 5) is 26.8. The predicted molar refractivity (Wildman–Crippen MR) is 99.4 cm³/mol. The Morgan fingerprint density at radius 1 is 1.15 bits per heavy atom. The number of hydrogen-bond acceptors (Lipinski definition) is 3. The molecule has 26 heavy (non-hydrogen) atoms. The number of likely N-dealkylation sites (N-methyl/N-ethyl adjacent to an activating group) is 1. The fourth-order valence-electron chi connectivity index (χ4n) is 3.77. The molecule has 1 aliphatic carbocycles. The monoisotopic (exact) mass is 350 g/mol. The van der Waals surface area contributed by atoms with Gasteiger partial charge in [0.2, 0.25) is 5.91 Å². The molecule has 0 saturated carbocycles. The van der Waals surface area contributed by atoms with Gasteiger partial charge >= 0.3 is 0 Å². The van der Waals surface area contributed by atoms with Crippen LogP contribution in [0, 0.1) is 0 Å². The summed E-state index contributed by atoms with van der Waals surface area (Å²) >= 11 is 0. The Labute approximate surface area is 153 Å². The summed E-state index contributed by atoms with van der Waals surface area (Å²) in [6.45, 7) is 0.223. The van der Waals surface area contributed by atoms with Gasteiger partial charge in [-0.3, -0.25) is 9.59 Å². The number of fused-ring (bicyclic) bond motifs is 2. The molecule has 1 aliphatic heterocycles. The van der Waals surface area contributed by atoms with Crippen molar-refractivity contribution in [2.45, 2.75) is 31.8 Å². The Kier molecular flexibility index (Phi) is 4.37. The molecule has 2 aromatic rings. The molecule has 1 N–H and O–H groups in total. The maximum atomic E-state index is 13.0. The van der Waals surface area contributed by atoms with Crippen LogP contribution in [-0.4, -0.2) is 31.5 Å². The molecule has 5 nitrogen and oxygen atoms in total. The van der Waals surface area contributed by atoms with Crippen molar-refractivity contribution in [3.63, 3.8) is 0 Å². The number of nitrogens with zero attached hydrogens (tertiary/aromatic N) is 1. The molecule has 0 unspecified atom stereocenters. The summed E-state index contributed by atoms with van der Waals surface area (Å²) in [5, 5.41) is 2.60. The summed E-state index contributed by atoms with van der Waals surface area (Å²) in [7, 11) is 1.57. The lowest BCUT2D eigenvalue weighted by Crippen LogP contribution is -2.50. The van der Waals surface area contributed by atoms with Crippen LogP contribution in [0.3, 0.4) is 0 Å². The zero-order valence-corrected chi connectivity index (χ0v) is 14.8. The summed E-state index contributed by atoms with van der Waals surface area (Å²) < 4.78 is 5.77. The van der Waals surface area contributed by atoms with Crippen LogP contribution in [0.4, 0.5) is 5.69 Å². The first-order chi connectivity index (χ1) is 12.7. The second kappa shape index (κ2) is 6.83. The van der Waals surface area contributed by atoms with E-state index in [0.29, 0.717) is 12.2 Å². The van der Waals surface area contributed by atoms with Crippen molar-refractivity contribution in [1.82, 2.24) is 5.32 Å². The van der Waals surface area contributed by atoms with Crippen LogP contribution in [0.25, 0.3) is 0 Å². The number of rotatable bonds is 3. The Morgan fingerprint density at radius 3 is 2.81 bits per heavy atom. The van der Waals surface area contributed by atoms with Crippen LogP contribution in [0.15, 0.2) is 42.5 Å². The zero-order valence-electron chi connectivity index (χ0n) is 14.8. The van der Waals surface area contributed by atoms with Crippen molar-refractivity contribution >= 4 is 17.5 Å². The summed E-state index contributed by atoms with van der Waals surface area (Å²) in [5.41, 5.74) is 4.51. The number of carbonyl (C=O) groups excluding carboxylic acids is 2. The molecule has 2 aromatic carbocycles. The Morgan fingerprint density at radius 2 is 1.96 bits per heavy atom. The summed E-state index contributed by atoms with van der Waals surface area (Å²) in [6.07, 6.45) is 3.04. The lowest BCUT2D eigenvalue weighted by molar-refractivity contribution is -0.127. The molecule has 0 aromatic heterocycles. The first-order valence-electron chi connectivity index (χ1n) is 9.04. The molecule has 0 bridgehead atoms. The maximum Gasteiger partial charge on any atom is 0.262 e. The molecule has 1 heterocycles. The molecule has 4 rings (SSSR count). The lowest BCUT2D eigenvalue weighted by atomic mass is 10.0. The van der Waals surface area contributed by atoms with E-state index in [9.17, 15) is 9.59 Å². The van der Waals surface area contributed by atoms with Crippen molar-refractivity contribution in [3.05, 3.63) is 59.2 Å². The van der Waals surface area contributed by atoms with Gasteiger partial charge in [0.05, 0.1) is 18.7 Å². The second-order valence-corrected chi connectivity index (χ2v) is 6.83. The molecule has 2 aliphatic rings. The van der Waals surface area contributed by atoms with Crippen LogP contribution >= 0.6 is 0 Å². The number of anilines is 1. The van der Waals surface area contributed by atoms with Crippen molar-refractivity contribution in [2.24, 2.45) is 0 Å². The van der Waals surface area contributed by atoms with Crippen molar-refractivity contribution in [2.75, 3.05) is 18.5 Å². The SMILES string of the molecule is CNC(=O)[C@H]1CN(C(=O)Cc2ccc3c(c2)CCC3)c2ccccc2O1. The average molecular weight is 350 g/mol. The van der Waals surface area contributed by atoms with Gasteiger partial charge in [-0.1, -0.05) is 30.3 Å². The number of amides is 2. The minimum atomic E-state index is -0.695. The van der Waals surface area contributed by atoms with E-state index in [-0.39, 0.29) is 18.4 Å². The summed E-state index contributed by atoms with van der Waals surface area (Å²) in [6, 6.07) is 13.7. The second-order valence-electron chi connectivity index (χ2n) is 6.83. The standard InChI is InChI=1S/C21H22N2O3/c1-22-21(25)19-13-23(17-7-2-3-8-18(17)26-19)20(24)12-14-9-10-15-5-4-6-16(15)11-14/h2-3,7-11,19H,4-6,12-13H2,1H3,(H,22,25)/t19-/m1/s1. The third-order valence-corrected chi connectivity index (χ3v) is 5.13. The minimum Gasteiger partial charge on any atom is -0.477 e. The number of hydrogen-bond donors (Lipinski definition) is 1. The summed E-state index contributed by atoms with van der Waals surface area (Å²) in [5.74, 6) is 0.317. The number of para-hydroxylation sites is 2. The van der Waals surface area contributed by atoms with E-state index in [0.717, 1.165) is 24.1 Å². The zero-order chi connectivity index (χ0) is 18.1. The largest absolute Gasteiger partial charge is 0.477 e. The number of aryl methyl sites for hydroxylation is 2. The molecular weight excluding hydrogens is 328 g/mol. The molecule has 134 valence electrons. The number of ether oxygens (including phenoxy) is 1. The van der Waals surface area contributed by atoms with Gasteiger partial charge in [-0.2, -0.15) is 0 Å². The van der Waals surface area contributed by atoms with E-state index < -0.39 is 6.10 Å². The Balaban J connectivity index is 1.58. The highest BCUT2D eigenvalue weighted by Gasteiger charge is 2.33. The molecule has 0 fully saturated rings. The fourth-order valence-corrected chi connectivity index (χ4v) is 3.77. The highest BCUT2D eigenvalue weighted by Crippen LogP contribution is 2.33. The van der Waals surface area contributed by atoms with Gasteiger partial charge in [0.15, 0.2) is 6.10 Å². The molecule has 0 radical (unpaired) electrons. The third kappa shape index (κ3) is 3.05. The van der Waals surface area contributed by atoms with Crippen LogP contribution in [-0.2, 0) is 28.9 Å². The average Bonchev–Trinajstić information content (AvgIpc) is 3.14. The predicted octanol–water partition coefficient (Wildman–Crippen LogP) is 2.26. The number of nitrogens with one attached hydrogen (secondary N) is 1. The smallest absolute Gasteiger partial charge is 0.262 e. The van der Waals surface area contributed by atoms with Gasteiger partial charge in [-0.05, 0) is 48.1 Å². The number of carbonyl (C=O) groups is 2. The maximum absolute atomic E-state index is 13.0. The van der Waals surface area contributed by atoms with E-state index in [1.807, 2.05) is 24.3 Å². The van der Waals surface area contributed by atoms with E-state index >= 15 is 0 Å². The highest BCUT2D eigenvalue weighted by molar-refractivity contribution is 5.98. The topological polar surface area (TPSA) is 58.6 Å². The first-order valence-corrected chi connectivity index (χ1v) is 9.04. The van der Waals surface area contributed by atoms with Gasteiger partial charge in [0, 0.05) is 7.05 Å². The molecular formula is C21H22N2O3. The molecule has 0 spiro atoms. The first kappa shape index (κ1) is 16.6. The van der Waals surface area contributed by atoms with Crippen molar-refractivity contribution in [3.8, 4) is 5.75 Å². The number of benzene rings is 2. The van der Waals surface area contributed by atoms with Gasteiger partial charge in [-0.15, -0.1) is 0 Å². The van der Waals surface area contributed by atoms with Crippen molar-refractivity contribution in [1.29, 1.82) is 0 Å². The molecule has 2 amide bonds. The minimum absolute atomic E-state index is 0.0207. The van der Waals surface area contributed by atoms with Gasteiger partial charge in [0.1, 0.15) is 5.75 Å². The van der Waals surface area contributed by atoms with E-state index in [4.69, 9.17) is 4.74 Å². The van der Waals surface area contributed by atoms with Gasteiger partial charge in [0.25, 0.3) is 5.91 Å². The van der Waals surface area contributed by atoms with Crippen LogP contribution < -0.4 is 15.0 Å². The van der Waals surface area contributed by atoms with Gasteiger partial charge < -0.3 is 15.0 Å². The molecule has 0 saturated heterocycles. The van der Waals surface area contributed by atoms with E-state index in [1.165, 1.54) is 17.5 Å². The quantitative estimate of drug-likeness (QED) is 0.924. The normalized spacial score (nSPS) is 17.9. The van der Waals surface area contributed by atoms with E-state index in [1.54, 1.807) is 18.0 Å². The fraction of sp³-hybridized carbons (Fsp3) is 0.333. The van der Waals surface area contributed by atoms with Gasteiger partial charge in [-0.25, -0.2) is 0 Å². The molecule has 5 heteroatoms. The van der Waals surface area contributed by atoms with Crippen LogP contribution in [0.1, 0.15) is 23.1 Å². The lowest BCUT2D eigenvalue weighted by Gasteiger charge is -2.34. The van der Waals surface area contributed by atoms with Crippen LogP contribution in [0.2, 0.25) is 0 Å². The Hall–Kier alpha value is -2.82. The highest BCUT2D eigenvalue weighted by atomic mass is 16.5. The van der Waals surface area contributed by atoms with Crippen LogP contribution in [0.5, 0.6) is 5.75 Å².